The summed E-state index contributed by atoms with van der Waals surface area (Å²) in [7, 11) is 0. The lowest BCUT2D eigenvalue weighted by molar-refractivity contribution is -0.246. The Hall–Kier alpha value is -0.270. The smallest absolute Gasteiger partial charge is 0.191 e. The van der Waals surface area contributed by atoms with Crippen molar-refractivity contribution >= 4 is 0 Å². The van der Waals surface area contributed by atoms with E-state index in [4.69, 9.17) is 24.4 Å². The van der Waals surface area contributed by atoms with Crippen molar-refractivity contribution in [3.63, 3.8) is 0 Å². The van der Waals surface area contributed by atoms with Gasteiger partial charge in [-0.2, -0.15) is 0 Å². The molecule has 2 saturated heterocycles. The Labute approximate surface area is 86.7 Å². The topological polar surface area (TPSA) is 68.2 Å². The van der Waals surface area contributed by atoms with E-state index < -0.39 is 43.2 Å². The van der Waals surface area contributed by atoms with Crippen LogP contribution >= 0.6 is 0 Å². The third-order valence-corrected chi connectivity index (χ3v) is 2.77. The molecule has 0 aromatic heterocycles. The van der Waals surface area contributed by atoms with E-state index in [1.165, 1.54) is 0 Å². The number of aliphatic hydroxyl groups is 2. The fraction of sp³-hybridized carbons (Fsp3) is 1.00. The first-order valence-corrected chi connectivity index (χ1v) is 4.83. The molecule has 0 spiro atoms. The predicted molar refractivity (Wildman–Crippen MR) is 46.7 cm³/mol. The molecule has 0 saturated carbocycles. The highest BCUT2D eigenvalue weighted by molar-refractivity contribution is 5.03. The molecule has 2 heterocycles. The molecule has 2 N–H and O–H groups in total. The lowest BCUT2D eigenvalue weighted by Crippen LogP contribution is -2.48. The van der Waals surface area contributed by atoms with Gasteiger partial charge in [-0.15, -0.1) is 0 Å². The summed E-state index contributed by atoms with van der Waals surface area (Å²) in [5.74, 6) is -0.892. The van der Waals surface area contributed by atoms with Crippen molar-refractivity contribution in [2.45, 2.75) is 43.8 Å². The zero-order valence-corrected chi connectivity index (χ0v) is 8.64. The van der Waals surface area contributed by atoms with E-state index in [9.17, 15) is 4.39 Å². The van der Waals surface area contributed by atoms with E-state index in [0.717, 1.165) is 0 Å². The number of ether oxygens (including phenoxy) is 3. The second-order valence-electron chi connectivity index (χ2n) is 4.37. The number of alkyl halides is 1. The Bertz CT molecular complexity index is 253. The second-order valence-corrected chi connectivity index (χ2v) is 4.37. The largest absolute Gasteiger partial charge is 0.393 e. The number of hydrogen-bond donors (Lipinski definition) is 2. The number of fused-ring (bicyclic) bond motifs is 1. The maximum atomic E-state index is 13.9. The zero-order chi connectivity index (χ0) is 11.3. The third kappa shape index (κ3) is 1.57. The molecule has 15 heavy (non-hydrogen) atoms. The highest BCUT2D eigenvalue weighted by Gasteiger charge is 2.62. The molecule has 6 heteroatoms. The normalized spacial score (nSPS) is 41.8. The van der Waals surface area contributed by atoms with Crippen LogP contribution in [0.25, 0.3) is 0 Å². The van der Waals surface area contributed by atoms with Gasteiger partial charge in [0.15, 0.2) is 23.8 Å². The summed E-state index contributed by atoms with van der Waals surface area (Å²) in [6.07, 6.45) is -3.35. The van der Waals surface area contributed by atoms with Crippen LogP contribution in [-0.4, -0.2) is 53.4 Å². The van der Waals surface area contributed by atoms with Gasteiger partial charge in [0.1, 0.15) is 6.10 Å². The van der Waals surface area contributed by atoms with Gasteiger partial charge in [-0.25, -0.2) is 4.39 Å². The van der Waals surface area contributed by atoms with Gasteiger partial charge in [-0.05, 0) is 13.8 Å². The summed E-state index contributed by atoms with van der Waals surface area (Å²) in [5, 5.41) is 18.1. The molecule has 0 amide bonds. The predicted octanol–water partition coefficient (Wildman–Crippen LogP) is -0.444. The van der Waals surface area contributed by atoms with E-state index in [1.807, 2.05) is 0 Å². The average Bonchev–Trinajstić information content (AvgIpc) is 2.59. The lowest BCUT2D eigenvalue weighted by atomic mass is 9.99. The fourth-order valence-electron chi connectivity index (χ4n) is 1.94. The first kappa shape index (κ1) is 11.2. The van der Waals surface area contributed by atoms with Crippen LogP contribution < -0.4 is 0 Å². The Morgan fingerprint density at radius 2 is 1.73 bits per heavy atom. The van der Waals surface area contributed by atoms with Crippen molar-refractivity contribution < 1.29 is 28.8 Å². The van der Waals surface area contributed by atoms with Gasteiger partial charge in [0.25, 0.3) is 0 Å². The summed E-state index contributed by atoms with van der Waals surface area (Å²) >= 11 is 0. The number of hydrogen-bond acceptors (Lipinski definition) is 5. The van der Waals surface area contributed by atoms with Crippen molar-refractivity contribution in [2.75, 3.05) is 13.2 Å². The Morgan fingerprint density at radius 3 is 2.20 bits per heavy atom. The van der Waals surface area contributed by atoms with Crippen LogP contribution in [0.3, 0.4) is 0 Å². The molecule has 0 aromatic carbocycles. The highest BCUT2D eigenvalue weighted by Crippen LogP contribution is 2.43. The van der Waals surface area contributed by atoms with Gasteiger partial charge >= 0.3 is 0 Å². The van der Waals surface area contributed by atoms with E-state index in [1.54, 1.807) is 13.8 Å². The molecule has 0 bridgehead atoms. The molecule has 0 aromatic rings. The summed E-state index contributed by atoms with van der Waals surface area (Å²) in [6, 6.07) is 0. The molecule has 5 nitrogen and oxygen atoms in total. The minimum Gasteiger partial charge on any atom is -0.393 e. The van der Waals surface area contributed by atoms with Gasteiger partial charge in [0, 0.05) is 0 Å². The van der Waals surface area contributed by atoms with E-state index in [-0.39, 0.29) is 0 Å². The van der Waals surface area contributed by atoms with Crippen LogP contribution in [0.4, 0.5) is 4.39 Å². The zero-order valence-electron chi connectivity index (χ0n) is 8.64. The summed E-state index contributed by atoms with van der Waals surface area (Å²) in [6.45, 7) is 2.09. The van der Waals surface area contributed by atoms with Crippen molar-refractivity contribution in [3.8, 4) is 0 Å². The quantitative estimate of drug-likeness (QED) is 0.662. The van der Waals surface area contributed by atoms with Crippen molar-refractivity contribution in [1.29, 1.82) is 0 Å². The van der Waals surface area contributed by atoms with Crippen LogP contribution in [0.1, 0.15) is 13.8 Å². The van der Waals surface area contributed by atoms with Gasteiger partial charge in [-0.1, -0.05) is 0 Å². The van der Waals surface area contributed by atoms with Gasteiger partial charge < -0.3 is 24.4 Å². The van der Waals surface area contributed by atoms with Crippen molar-refractivity contribution in [1.82, 2.24) is 0 Å². The molecule has 2 fully saturated rings. The van der Waals surface area contributed by atoms with Crippen LogP contribution in [0.2, 0.25) is 0 Å². The Morgan fingerprint density at radius 1 is 1.13 bits per heavy atom. The lowest BCUT2D eigenvalue weighted by Gasteiger charge is -2.29. The molecule has 2 rings (SSSR count). The van der Waals surface area contributed by atoms with Gasteiger partial charge in [-0.3, -0.25) is 0 Å². The third-order valence-electron chi connectivity index (χ3n) is 2.77. The minimum atomic E-state index is -1.61. The minimum absolute atomic E-state index is 0.606. The van der Waals surface area contributed by atoms with Crippen LogP contribution in [0.5, 0.6) is 0 Å². The van der Waals surface area contributed by atoms with Gasteiger partial charge in [0.05, 0.1) is 13.2 Å². The van der Waals surface area contributed by atoms with Crippen molar-refractivity contribution in [2.24, 2.45) is 0 Å². The fourth-order valence-corrected chi connectivity index (χ4v) is 1.94. The van der Waals surface area contributed by atoms with Crippen molar-refractivity contribution in [3.05, 3.63) is 0 Å². The molecule has 3 atom stereocenters. The highest BCUT2D eigenvalue weighted by atomic mass is 19.1. The first-order chi connectivity index (χ1) is 6.94. The van der Waals surface area contributed by atoms with Crippen LogP contribution in [0.15, 0.2) is 0 Å². The molecule has 0 radical (unpaired) electrons. The van der Waals surface area contributed by atoms with E-state index in [2.05, 4.69) is 0 Å². The maximum absolute atomic E-state index is 13.9. The maximum Gasteiger partial charge on any atom is 0.191 e. The molecule has 0 unspecified atom stereocenters. The van der Waals surface area contributed by atoms with Crippen LogP contribution in [0, 0.1) is 0 Å². The van der Waals surface area contributed by atoms with E-state index >= 15 is 0 Å². The first-order valence-electron chi connectivity index (χ1n) is 4.83. The second kappa shape index (κ2) is 3.36. The molecular formula is C9H15FO5. The number of aliphatic hydroxyl groups excluding tert-OH is 2. The standard InChI is InChI=1S/C9H15FO5/c1-8(2)13-5-6(10)9(3-11,4-12)15-7(5)14-8/h5-7,11-12H,3-4H2,1-2H3/t5-,6+,7+/m1/s1. The molecule has 2 aliphatic heterocycles. The Kier molecular flexibility index (Phi) is 2.51. The molecular weight excluding hydrogens is 207 g/mol. The average molecular weight is 222 g/mol. The van der Waals surface area contributed by atoms with Crippen LogP contribution in [-0.2, 0) is 14.2 Å². The summed E-state index contributed by atoms with van der Waals surface area (Å²) in [5.41, 5.74) is -1.61. The molecule has 88 valence electrons. The number of rotatable bonds is 2. The van der Waals surface area contributed by atoms with E-state index in [0.29, 0.717) is 0 Å². The molecule has 2 aliphatic rings. The number of halogens is 1. The monoisotopic (exact) mass is 222 g/mol. The Balaban J connectivity index is 2.17. The molecule has 0 aliphatic carbocycles. The SMILES string of the molecule is CC1(C)O[C@H]2OC(CO)(CO)[C@@H](F)[C@H]2O1. The summed E-state index contributed by atoms with van der Waals surface area (Å²) in [4.78, 5) is 0. The summed E-state index contributed by atoms with van der Waals surface area (Å²) < 4.78 is 29.7. The van der Waals surface area contributed by atoms with Gasteiger partial charge in [0.2, 0.25) is 0 Å².